The summed E-state index contributed by atoms with van der Waals surface area (Å²) in [5, 5.41) is 9.41. The number of halogens is 1. The molecule has 0 aliphatic carbocycles. The molecule has 9 heteroatoms. The van der Waals surface area contributed by atoms with Crippen molar-refractivity contribution >= 4 is 11.6 Å². The summed E-state index contributed by atoms with van der Waals surface area (Å²) in [5.74, 6) is 0.644. The number of aromatic nitrogens is 2. The number of carbonyl (C=O) groups excluding carboxylic acids is 1. The van der Waals surface area contributed by atoms with Crippen molar-refractivity contribution in [2.75, 3.05) is 46.3 Å². The molecule has 0 saturated carbocycles. The molecule has 174 valence electrons. The Balaban J connectivity index is 1.55. The van der Waals surface area contributed by atoms with Crippen LogP contribution in [0.1, 0.15) is 5.56 Å². The Bertz CT molecular complexity index is 1120. The number of nitrogens with zero attached hydrogens (tertiary/aromatic N) is 2. The van der Waals surface area contributed by atoms with Gasteiger partial charge in [-0.15, -0.1) is 0 Å². The van der Waals surface area contributed by atoms with Gasteiger partial charge >= 0.3 is 0 Å². The molecule has 0 unspecified atom stereocenters. The summed E-state index contributed by atoms with van der Waals surface area (Å²) in [4.78, 5) is 15.0. The first-order valence-electron chi connectivity index (χ1n) is 10.7. The fraction of sp³-hybridized carbons (Fsp3) is 0.333. The predicted octanol–water partition coefficient (Wildman–Crippen LogP) is 3.35. The molecule has 0 fully saturated rings. The molecular formula is C24H27FN4O4. The van der Waals surface area contributed by atoms with E-state index in [1.165, 1.54) is 12.3 Å². The van der Waals surface area contributed by atoms with Crippen LogP contribution in [0.5, 0.6) is 17.2 Å². The highest BCUT2D eigenvalue weighted by Gasteiger charge is 2.27. The Labute approximate surface area is 191 Å². The lowest BCUT2D eigenvalue weighted by Crippen LogP contribution is -2.32. The summed E-state index contributed by atoms with van der Waals surface area (Å²) in [6.07, 6.45) is 3.63. The number of hydrogen-bond donors (Lipinski definition) is 2. The van der Waals surface area contributed by atoms with Crippen molar-refractivity contribution < 1.29 is 23.4 Å². The maximum absolute atomic E-state index is 14.9. The zero-order chi connectivity index (χ0) is 23.4. The molecule has 2 N–H and O–H groups in total. The van der Waals surface area contributed by atoms with E-state index in [1.807, 2.05) is 37.2 Å². The van der Waals surface area contributed by atoms with Gasteiger partial charge in [0.2, 0.25) is 5.91 Å². The highest BCUT2D eigenvalue weighted by molar-refractivity contribution is 5.95. The van der Waals surface area contributed by atoms with Gasteiger partial charge in [0.1, 0.15) is 36.3 Å². The molecule has 1 aliphatic rings. The van der Waals surface area contributed by atoms with Crippen molar-refractivity contribution in [1.29, 1.82) is 0 Å². The van der Waals surface area contributed by atoms with Crippen molar-refractivity contribution in [3.8, 4) is 28.4 Å². The third-order valence-corrected chi connectivity index (χ3v) is 5.48. The maximum Gasteiger partial charge on any atom is 0.231 e. The third kappa shape index (κ3) is 5.25. The number of anilines is 1. The normalized spacial score (nSPS) is 15.0. The van der Waals surface area contributed by atoms with Gasteiger partial charge in [-0.05, 0) is 50.3 Å². The largest absolute Gasteiger partial charge is 0.497 e. The van der Waals surface area contributed by atoms with Crippen LogP contribution in [-0.4, -0.2) is 62.0 Å². The molecule has 3 aromatic rings. The van der Waals surface area contributed by atoms with E-state index in [0.29, 0.717) is 42.2 Å². The highest BCUT2D eigenvalue weighted by Crippen LogP contribution is 2.35. The summed E-state index contributed by atoms with van der Waals surface area (Å²) in [5.41, 5.74) is 2.10. The van der Waals surface area contributed by atoms with Gasteiger partial charge < -0.3 is 24.4 Å². The SMILES string of the molecule is COc1ccc2c(c1)C[C@@H](C(=O)Nc1cc(F)c(-c3cn[nH]c3)cc1OCCN(C)C)CO2. The van der Waals surface area contributed by atoms with Crippen molar-refractivity contribution in [2.45, 2.75) is 6.42 Å². The van der Waals surface area contributed by atoms with E-state index in [2.05, 4.69) is 15.5 Å². The van der Waals surface area contributed by atoms with Gasteiger partial charge in [0.25, 0.3) is 0 Å². The summed E-state index contributed by atoms with van der Waals surface area (Å²) < 4.78 is 31.9. The Kier molecular flexibility index (Phi) is 6.79. The first kappa shape index (κ1) is 22.6. The van der Waals surface area contributed by atoms with Crippen LogP contribution >= 0.6 is 0 Å². The number of rotatable bonds is 8. The van der Waals surface area contributed by atoms with Crippen LogP contribution in [0, 0.1) is 11.7 Å². The molecule has 0 saturated heterocycles. The second kappa shape index (κ2) is 9.91. The highest BCUT2D eigenvalue weighted by atomic mass is 19.1. The predicted molar refractivity (Wildman–Crippen MR) is 122 cm³/mol. The van der Waals surface area contributed by atoms with Crippen molar-refractivity contribution in [2.24, 2.45) is 5.92 Å². The van der Waals surface area contributed by atoms with Crippen LogP contribution in [0.15, 0.2) is 42.7 Å². The zero-order valence-corrected chi connectivity index (χ0v) is 18.9. The summed E-state index contributed by atoms with van der Waals surface area (Å²) in [6, 6.07) is 8.39. The van der Waals surface area contributed by atoms with Gasteiger partial charge in [-0.25, -0.2) is 4.39 Å². The number of aromatic amines is 1. The van der Waals surface area contributed by atoms with Gasteiger partial charge in [0, 0.05) is 29.9 Å². The number of nitrogens with one attached hydrogen (secondary N) is 2. The minimum atomic E-state index is -0.485. The number of amides is 1. The van der Waals surface area contributed by atoms with E-state index in [4.69, 9.17) is 14.2 Å². The van der Waals surface area contributed by atoms with Crippen molar-refractivity contribution in [3.05, 3.63) is 54.1 Å². The molecule has 2 heterocycles. The first-order valence-corrected chi connectivity index (χ1v) is 10.7. The molecular weight excluding hydrogens is 427 g/mol. The Morgan fingerprint density at radius 3 is 2.91 bits per heavy atom. The van der Waals surface area contributed by atoms with E-state index in [9.17, 15) is 9.18 Å². The fourth-order valence-electron chi connectivity index (χ4n) is 3.63. The molecule has 33 heavy (non-hydrogen) atoms. The quantitative estimate of drug-likeness (QED) is 0.543. The lowest BCUT2D eigenvalue weighted by atomic mass is 9.95. The zero-order valence-electron chi connectivity index (χ0n) is 18.9. The average Bonchev–Trinajstić information content (AvgIpc) is 3.34. The standard InChI is InChI=1S/C24H27FN4O4/c1-29(2)6-7-32-23-10-19(17-12-26-27-13-17)20(25)11-21(23)28-24(30)16-8-15-9-18(31-3)4-5-22(15)33-14-16/h4-5,9-13,16H,6-8,14H2,1-3H3,(H,26,27)(H,28,30)/t16-/m1/s1. The minimum Gasteiger partial charge on any atom is -0.497 e. The van der Waals surface area contributed by atoms with Gasteiger partial charge in [-0.1, -0.05) is 0 Å². The van der Waals surface area contributed by atoms with Crippen LogP contribution < -0.4 is 19.5 Å². The Morgan fingerprint density at radius 1 is 1.33 bits per heavy atom. The molecule has 4 rings (SSSR count). The number of ether oxygens (including phenoxy) is 3. The molecule has 8 nitrogen and oxygen atoms in total. The smallest absolute Gasteiger partial charge is 0.231 e. The van der Waals surface area contributed by atoms with Gasteiger partial charge in [-0.2, -0.15) is 5.10 Å². The first-order chi connectivity index (χ1) is 15.9. The number of likely N-dealkylation sites (N-methyl/N-ethyl adjacent to an activating group) is 1. The van der Waals surface area contributed by atoms with E-state index >= 15 is 0 Å². The molecule has 1 aromatic heterocycles. The number of carbonyl (C=O) groups is 1. The molecule has 1 amide bonds. The van der Waals surface area contributed by atoms with Crippen molar-refractivity contribution in [3.63, 3.8) is 0 Å². The lowest BCUT2D eigenvalue weighted by molar-refractivity contribution is -0.121. The Hall–Kier alpha value is -3.59. The fourth-order valence-corrected chi connectivity index (χ4v) is 3.63. The van der Waals surface area contributed by atoms with E-state index in [1.54, 1.807) is 19.4 Å². The number of hydrogen-bond acceptors (Lipinski definition) is 6. The van der Waals surface area contributed by atoms with Crippen molar-refractivity contribution in [1.82, 2.24) is 15.1 Å². The van der Waals surface area contributed by atoms with Gasteiger partial charge in [-0.3, -0.25) is 9.89 Å². The molecule has 0 spiro atoms. The topological polar surface area (TPSA) is 88.7 Å². The number of methoxy groups -OCH3 is 1. The van der Waals surface area contributed by atoms with Gasteiger partial charge in [0.05, 0.1) is 24.9 Å². The Morgan fingerprint density at radius 2 is 2.18 bits per heavy atom. The minimum absolute atomic E-state index is 0.234. The molecule has 0 radical (unpaired) electrons. The third-order valence-electron chi connectivity index (χ3n) is 5.48. The lowest BCUT2D eigenvalue weighted by Gasteiger charge is -2.25. The summed E-state index contributed by atoms with van der Waals surface area (Å²) in [6.45, 7) is 1.28. The average molecular weight is 455 g/mol. The van der Waals surface area contributed by atoms with Gasteiger partial charge in [0.15, 0.2) is 0 Å². The van der Waals surface area contributed by atoms with Crippen LogP contribution in [0.2, 0.25) is 0 Å². The van der Waals surface area contributed by atoms with E-state index < -0.39 is 11.7 Å². The molecule has 1 atom stereocenters. The molecule has 2 aromatic carbocycles. The molecule has 0 bridgehead atoms. The van der Waals surface area contributed by atoms with Crippen LogP contribution in [0.25, 0.3) is 11.1 Å². The summed E-state index contributed by atoms with van der Waals surface area (Å²) in [7, 11) is 5.46. The van der Waals surface area contributed by atoms with Crippen LogP contribution in [0.4, 0.5) is 10.1 Å². The van der Waals surface area contributed by atoms with E-state index in [0.717, 1.165) is 11.3 Å². The second-order valence-corrected chi connectivity index (χ2v) is 8.14. The molecule has 1 aliphatic heterocycles. The number of fused-ring (bicyclic) bond motifs is 1. The monoisotopic (exact) mass is 454 g/mol. The number of benzene rings is 2. The van der Waals surface area contributed by atoms with Crippen LogP contribution in [-0.2, 0) is 11.2 Å². The maximum atomic E-state index is 14.9. The van der Waals surface area contributed by atoms with E-state index in [-0.39, 0.29) is 18.2 Å². The number of H-pyrrole nitrogens is 1. The van der Waals surface area contributed by atoms with Crippen LogP contribution in [0.3, 0.4) is 0 Å². The second-order valence-electron chi connectivity index (χ2n) is 8.14. The summed E-state index contributed by atoms with van der Waals surface area (Å²) >= 11 is 0.